The fraction of sp³-hybridized carbons (Fsp3) is 0.571. The number of ether oxygens (including phenoxy) is 3. The molecule has 18 heavy (non-hydrogen) atoms. The molecule has 2 rings (SSSR count). The first-order valence-corrected chi connectivity index (χ1v) is 6.39. The molecule has 0 radical (unpaired) electrons. The number of rotatable bonds is 5. The van der Waals surface area contributed by atoms with Crippen molar-refractivity contribution in [3.8, 4) is 11.5 Å². The highest BCUT2D eigenvalue weighted by Crippen LogP contribution is 2.25. The van der Waals surface area contributed by atoms with Gasteiger partial charge in [-0.15, -0.1) is 0 Å². The van der Waals surface area contributed by atoms with E-state index in [1.165, 1.54) is 0 Å². The Morgan fingerprint density at radius 3 is 2.83 bits per heavy atom. The number of morpholine rings is 1. The molecule has 0 aliphatic carbocycles. The lowest BCUT2D eigenvalue weighted by Crippen LogP contribution is -2.42. The smallest absolute Gasteiger partial charge is 0.161 e. The van der Waals surface area contributed by atoms with Crippen molar-refractivity contribution in [1.29, 1.82) is 0 Å². The number of nitrogens with zero attached hydrogens (tertiary/aromatic N) is 1. The molecule has 1 aromatic rings. The molecule has 0 amide bonds. The van der Waals surface area contributed by atoms with Crippen molar-refractivity contribution < 1.29 is 14.2 Å². The predicted octanol–water partition coefficient (Wildman–Crippen LogP) is 1.79. The van der Waals surface area contributed by atoms with E-state index in [1.54, 1.807) is 7.11 Å². The average Bonchev–Trinajstić information content (AvgIpc) is 2.39. The van der Waals surface area contributed by atoms with E-state index in [0.29, 0.717) is 12.7 Å². The minimum absolute atomic E-state index is 0.324. The zero-order chi connectivity index (χ0) is 12.8. The third kappa shape index (κ3) is 3.62. The Hall–Kier alpha value is -1.26. The quantitative estimate of drug-likeness (QED) is 0.798. The van der Waals surface area contributed by atoms with E-state index in [1.807, 2.05) is 24.3 Å². The van der Waals surface area contributed by atoms with Gasteiger partial charge >= 0.3 is 0 Å². The minimum Gasteiger partial charge on any atom is -0.493 e. The highest BCUT2D eigenvalue weighted by Gasteiger charge is 2.16. The molecule has 100 valence electrons. The Morgan fingerprint density at radius 1 is 1.33 bits per heavy atom. The van der Waals surface area contributed by atoms with Crippen LogP contribution in [0.15, 0.2) is 24.3 Å². The standard InChI is InChI=1S/C14H21NO3/c1-12-11-15(7-9-17-12)8-10-18-14-6-4-3-5-13(14)16-2/h3-6,12H,7-11H2,1-2H3/t12-/m0/s1. The van der Waals surface area contributed by atoms with Gasteiger partial charge in [0.05, 0.1) is 19.8 Å². The van der Waals surface area contributed by atoms with Crippen LogP contribution in [0.25, 0.3) is 0 Å². The monoisotopic (exact) mass is 251 g/mol. The number of methoxy groups -OCH3 is 1. The molecule has 0 N–H and O–H groups in total. The molecule has 0 spiro atoms. The van der Waals surface area contributed by atoms with E-state index < -0.39 is 0 Å². The van der Waals surface area contributed by atoms with Crippen LogP contribution < -0.4 is 9.47 Å². The van der Waals surface area contributed by atoms with Crippen LogP contribution in [0.2, 0.25) is 0 Å². The third-order valence-electron chi connectivity index (χ3n) is 3.06. The van der Waals surface area contributed by atoms with Crippen LogP contribution in [0.3, 0.4) is 0 Å². The summed E-state index contributed by atoms with van der Waals surface area (Å²) in [6, 6.07) is 7.73. The molecule has 0 aromatic heterocycles. The molecule has 0 saturated carbocycles. The van der Waals surface area contributed by atoms with Crippen LogP contribution in [-0.2, 0) is 4.74 Å². The van der Waals surface area contributed by atoms with Crippen LogP contribution in [0.1, 0.15) is 6.92 Å². The largest absolute Gasteiger partial charge is 0.493 e. The highest BCUT2D eigenvalue weighted by atomic mass is 16.5. The van der Waals surface area contributed by atoms with E-state index in [9.17, 15) is 0 Å². The summed E-state index contributed by atoms with van der Waals surface area (Å²) >= 11 is 0. The molecule has 4 nitrogen and oxygen atoms in total. The minimum atomic E-state index is 0.324. The van der Waals surface area contributed by atoms with E-state index in [4.69, 9.17) is 14.2 Å². The summed E-state index contributed by atoms with van der Waals surface area (Å²) in [5.74, 6) is 1.59. The summed E-state index contributed by atoms with van der Waals surface area (Å²) in [7, 11) is 1.66. The molecule has 1 aromatic carbocycles. The van der Waals surface area contributed by atoms with Gasteiger partial charge in [0, 0.05) is 19.6 Å². The highest BCUT2D eigenvalue weighted by molar-refractivity contribution is 5.39. The number of benzene rings is 1. The Bertz CT molecular complexity index is 370. The first-order chi connectivity index (χ1) is 8.79. The van der Waals surface area contributed by atoms with Crippen molar-refractivity contribution >= 4 is 0 Å². The molecule has 1 atom stereocenters. The van der Waals surface area contributed by atoms with Gasteiger partial charge in [-0.2, -0.15) is 0 Å². The average molecular weight is 251 g/mol. The van der Waals surface area contributed by atoms with Crippen LogP contribution in [0, 0.1) is 0 Å². The van der Waals surface area contributed by atoms with Gasteiger partial charge in [-0.05, 0) is 19.1 Å². The summed E-state index contributed by atoms with van der Waals surface area (Å²) in [6.07, 6.45) is 0.324. The van der Waals surface area contributed by atoms with E-state index in [0.717, 1.165) is 37.7 Å². The zero-order valence-corrected chi connectivity index (χ0v) is 11.1. The topological polar surface area (TPSA) is 30.9 Å². The maximum Gasteiger partial charge on any atom is 0.161 e. The lowest BCUT2D eigenvalue weighted by atomic mass is 10.3. The molecular weight excluding hydrogens is 230 g/mol. The van der Waals surface area contributed by atoms with Crippen molar-refractivity contribution in [2.45, 2.75) is 13.0 Å². The second kappa shape index (κ2) is 6.61. The molecule has 0 unspecified atom stereocenters. The molecule has 1 aliphatic rings. The zero-order valence-electron chi connectivity index (χ0n) is 11.1. The maximum atomic E-state index is 5.76. The lowest BCUT2D eigenvalue weighted by molar-refractivity contribution is -0.0214. The Kier molecular flexibility index (Phi) is 4.84. The van der Waals surface area contributed by atoms with Crippen LogP contribution in [0.4, 0.5) is 0 Å². The summed E-state index contributed by atoms with van der Waals surface area (Å²) < 4.78 is 16.5. The van der Waals surface area contributed by atoms with Crippen LogP contribution in [0.5, 0.6) is 11.5 Å². The van der Waals surface area contributed by atoms with Crippen LogP contribution in [-0.4, -0.2) is 51.0 Å². The summed E-state index contributed by atoms with van der Waals surface area (Å²) in [5, 5.41) is 0. The van der Waals surface area contributed by atoms with Gasteiger partial charge < -0.3 is 14.2 Å². The Morgan fingerprint density at radius 2 is 2.11 bits per heavy atom. The summed E-state index contributed by atoms with van der Waals surface area (Å²) in [4.78, 5) is 2.36. The second-order valence-corrected chi connectivity index (χ2v) is 4.48. The lowest BCUT2D eigenvalue weighted by Gasteiger charge is -2.30. The maximum absolute atomic E-state index is 5.76. The number of para-hydroxylation sites is 2. The Labute approximate surface area is 108 Å². The van der Waals surface area contributed by atoms with Gasteiger partial charge in [0.2, 0.25) is 0 Å². The Balaban J connectivity index is 1.77. The summed E-state index contributed by atoms with van der Waals surface area (Å²) in [5.41, 5.74) is 0. The third-order valence-corrected chi connectivity index (χ3v) is 3.06. The molecular formula is C14H21NO3. The molecule has 4 heteroatoms. The van der Waals surface area contributed by atoms with Gasteiger partial charge in [0.25, 0.3) is 0 Å². The number of hydrogen-bond acceptors (Lipinski definition) is 4. The fourth-order valence-corrected chi connectivity index (χ4v) is 2.12. The van der Waals surface area contributed by atoms with Gasteiger partial charge in [0.1, 0.15) is 6.61 Å². The SMILES string of the molecule is COc1ccccc1OCCN1CCO[C@@H](C)C1. The molecule has 1 heterocycles. The first-order valence-electron chi connectivity index (χ1n) is 6.39. The molecule has 1 aliphatic heterocycles. The van der Waals surface area contributed by atoms with Crippen molar-refractivity contribution in [3.63, 3.8) is 0 Å². The number of hydrogen-bond donors (Lipinski definition) is 0. The predicted molar refractivity (Wildman–Crippen MR) is 70.3 cm³/mol. The van der Waals surface area contributed by atoms with Gasteiger partial charge in [-0.3, -0.25) is 4.90 Å². The summed E-state index contributed by atoms with van der Waals surface area (Å²) in [6.45, 7) is 6.48. The van der Waals surface area contributed by atoms with E-state index >= 15 is 0 Å². The second-order valence-electron chi connectivity index (χ2n) is 4.48. The van der Waals surface area contributed by atoms with E-state index in [2.05, 4.69) is 11.8 Å². The molecule has 1 fully saturated rings. The van der Waals surface area contributed by atoms with Gasteiger partial charge in [-0.25, -0.2) is 0 Å². The van der Waals surface area contributed by atoms with Crippen molar-refractivity contribution in [2.75, 3.05) is 40.0 Å². The van der Waals surface area contributed by atoms with Crippen molar-refractivity contribution in [3.05, 3.63) is 24.3 Å². The fourth-order valence-electron chi connectivity index (χ4n) is 2.12. The van der Waals surface area contributed by atoms with Gasteiger partial charge in [-0.1, -0.05) is 12.1 Å². The van der Waals surface area contributed by atoms with Crippen molar-refractivity contribution in [2.24, 2.45) is 0 Å². The van der Waals surface area contributed by atoms with Gasteiger partial charge in [0.15, 0.2) is 11.5 Å². The van der Waals surface area contributed by atoms with E-state index in [-0.39, 0.29) is 0 Å². The molecule has 0 bridgehead atoms. The normalized spacial score (nSPS) is 20.7. The first kappa shape index (κ1) is 13.2. The van der Waals surface area contributed by atoms with Crippen LogP contribution >= 0.6 is 0 Å². The molecule has 1 saturated heterocycles. The van der Waals surface area contributed by atoms with Crippen molar-refractivity contribution in [1.82, 2.24) is 4.90 Å².